The summed E-state index contributed by atoms with van der Waals surface area (Å²) >= 11 is 1.24. The van der Waals surface area contributed by atoms with Gasteiger partial charge in [-0.3, -0.25) is 4.79 Å². The molecule has 1 heterocycles. The number of carbonyl (C=O) groups excluding carboxylic acids is 1. The standard InChI is InChI=1S/C7H5NOS/c1-3-7-8-5(2)6(4-9)10-7/h1,4H,2H3. The number of hydrogen-bond donors (Lipinski definition) is 0. The number of aromatic nitrogens is 1. The fourth-order valence-corrected chi connectivity index (χ4v) is 1.27. The van der Waals surface area contributed by atoms with Gasteiger partial charge >= 0.3 is 0 Å². The van der Waals surface area contributed by atoms with Crippen molar-refractivity contribution >= 4 is 17.6 Å². The van der Waals surface area contributed by atoms with Crippen LogP contribution in [0.3, 0.4) is 0 Å². The highest BCUT2D eigenvalue weighted by Gasteiger charge is 2.02. The Labute approximate surface area is 62.9 Å². The van der Waals surface area contributed by atoms with Crippen molar-refractivity contribution < 1.29 is 4.79 Å². The Morgan fingerprint density at radius 3 is 2.80 bits per heavy atom. The van der Waals surface area contributed by atoms with E-state index in [1.54, 1.807) is 6.92 Å². The topological polar surface area (TPSA) is 30.0 Å². The first kappa shape index (κ1) is 6.97. The van der Waals surface area contributed by atoms with Crippen LogP contribution in [0.1, 0.15) is 20.4 Å². The molecule has 0 amide bonds. The van der Waals surface area contributed by atoms with Crippen molar-refractivity contribution in [3.05, 3.63) is 15.6 Å². The molecule has 0 saturated carbocycles. The van der Waals surface area contributed by atoms with Gasteiger partial charge < -0.3 is 0 Å². The van der Waals surface area contributed by atoms with E-state index < -0.39 is 0 Å². The van der Waals surface area contributed by atoms with Crippen molar-refractivity contribution in [1.29, 1.82) is 0 Å². The van der Waals surface area contributed by atoms with Crippen LogP contribution >= 0.6 is 11.3 Å². The largest absolute Gasteiger partial charge is 0.297 e. The van der Waals surface area contributed by atoms with Crippen molar-refractivity contribution in [3.8, 4) is 12.3 Å². The van der Waals surface area contributed by atoms with Gasteiger partial charge in [0.15, 0.2) is 11.3 Å². The Bertz CT molecular complexity index is 295. The number of thiazole rings is 1. The number of aldehydes is 1. The lowest BCUT2D eigenvalue weighted by atomic mass is 10.4. The van der Waals surface area contributed by atoms with Gasteiger partial charge in [0.25, 0.3) is 0 Å². The van der Waals surface area contributed by atoms with Gasteiger partial charge in [0, 0.05) is 0 Å². The molecule has 0 fully saturated rings. The molecule has 0 atom stereocenters. The van der Waals surface area contributed by atoms with E-state index in [2.05, 4.69) is 10.9 Å². The zero-order valence-corrected chi connectivity index (χ0v) is 6.23. The number of rotatable bonds is 1. The molecule has 10 heavy (non-hydrogen) atoms. The summed E-state index contributed by atoms with van der Waals surface area (Å²) in [6.45, 7) is 1.76. The van der Waals surface area contributed by atoms with E-state index in [1.807, 2.05) is 0 Å². The normalized spacial score (nSPS) is 8.80. The number of carbonyl (C=O) groups is 1. The van der Waals surface area contributed by atoms with E-state index in [1.165, 1.54) is 11.3 Å². The summed E-state index contributed by atoms with van der Waals surface area (Å²) in [5.74, 6) is 2.37. The molecule has 0 aromatic carbocycles. The maximum absolute atomic E-state index is 10.3. The first-order valence-electron chi connectivity index (χ1n) is 2.67. The third-order valence-electron chi connectivity index (χ3n) is 1.06. The first-order valence-corrected chi connectivity index (χ1v) is 3.49. The predicted octanol–water partition coefficient (Wildman–Crippen LogP) is 1.25. The average molecular weight is 151 g/mol. The molecule has 1 aromatic heterocycles. The van der Waals surface area contributed by atoms with Gasteiger partial charge in [-0.2, -0.15) is 0 Å². The maximum atomic E-state index is 10.3. The summed E-state index contributed by atoms with van der Waals surface area (Å²) in [7, 11) is 0. The number of aryl methyl sites for hydroxylation is 1. The molecule has 2 nitrogen and oxygen atoms in total. The molecule has 0 N–H and O–H groups in total. The Morgan fingerprint density at radius 2 is 2.50 bits per heavy atom. The van der Waals surface area contributed by atoms with E-state index in [-0.39, 0.29) is 0 Å². The van der Waals surface area contributed by atoms with Crippen LogP contribution in [0, 0.1) is 19.3 Å². The van der Waals surface area contributed by atoms with E-state index in [9.17, 15) is 4.79 Å². The van der Waals surface area contributed by atoms with Gasteiger partial charge in [-0.15, -0.1) is 17.8 Å². The van der Waals surface area contributed by atoms with Crippen LogP contribution in [0.4, 0.5) is 0 Å². The molecular weight excluding hydrogens is 146 g/mol. The minimum absolute atomic E-state index is 0.569. The summed E-state index contributed by atoms with van der Waals surface area (Å²) in [6, 6.07) is 0. The molecule has 0 aliphatic heterocycles. The van der Waals surface area contributed by atoms with Crippen molar-refractivity contribution in [3.63, 3.8) is 0 Å². The Balaban J connectivity index is 3.19. The number of nitrogens with zero attached hydrogens (tertiary/aromatic N) is 1. The van der Waals surface area contributed by atoms with Gasteiger partial charge in [-0.1, -0.05) is 0 Å². The zero-order valence-electron chi connectivity index (χ0n) is 5.42. The van der Waals surface area contributed by atoms with E-state index in [0.717, 1.165) is 6.29 Å². The zero-order chi connectivity index (χ0) is 7.56. The Morgan fingerprint density at radius 1 is 1.80 bits per heavy atom. The van der Waals surface area contributed by atoms with Gasteiger partial charge in [0.05, 0.1) is 10.6 Å². The molecule has 50 valence electrons. The summed E-state index contributed by atoms with van der Waals surface area (Å²) in [5, 5.41) is 0.569. The molecule has 0 spiro atoms. The van der Waals surface area contributed by atoms with Crippen LogP contribution in [0.2, 0.25) is 0 Å². The van der Waals surface area contributed by atoms with Crippen LogP contribution in [-0.2, 0) is 0 Å². The first-order chi connectivity index (χ1) is 4.77. The molecule has 1 aromatic rings. The predicted molar refractivity (Wildman–Crippen MR) is 40.2 cm³/mol. The SMILES string of the molecule is C#Cc1nc(C)c(C=O)s1. The van der Waals surface area contributed by atoms with Crippen molar-refractivity contribution in [2.45, 2.75) is 6.92 Å². The highest BCUT2D eigenvalue weighted by molar-refractivity contribution is 7.13. The second-order valence-corrected chi connectivity index (χ2v) is 2.76. The average Bonchev–Trinajstić information content (AvgIpc) is 2.30. The molecule has 0 aliphatic rings. The molecule has 0 bridgehead atoms. The fourth-order valence-electron chi connectivity index (χ4n) is 0.579. The monoisotopic (exact) mass is 151 g/mol. The minimum atomic E-state index is 0.569. The third kappa shape index (κ3) is 1.07. The minimum Gasteiger partial charge on any atom is -0.297 e. The third-order valence-corrected chi connectivity index (χ3v) is 2.08. The lowest BCUT2D eigenvalue weighted by molar-refractivity contribution is 0.112. The summed E-state index contributed by atoms with van der Waals surface area (Å²) in [6.07, 6.45) is 5.84. The molecule has 0 aliphatic carbocycles. The van der Waals surface area contributed by atoms with Crippen LogP contribution in [0.15, 0.2) is 0 Å². The Kier molecular flexibility index (Phi) is 1.83. The van der Waals surface area contributed by atoms with Gasteiger partial charge in [-0.25, -0.2) is 4.98 Å². The maximum Gasteiger partial charge on any atom is 0.167 e. The van der Waals surface area contributed by atoms with Gasteiger partial charge in [0.1, 0.15) is 0 Å². The Hall–Kier alpha value is -1.14. The van der Waals surface area contributed by atoms with Gasteiger partial charge in [-0.05, 0) is 12.8 Å². The highest BCUT2D eigenvalue weighted by Crippen LogP contribution is 2.13. The fraction of sp³-hybridized carbons (Fsp3) is 0.143. The molecule has 0 saturated heterocycles. The van der Waals surface area contributed by atoms with Crippen molar-refractivity contribution in [1.82, 2.24) is 4.98 Å². The van der Waals surface area contributed by atoms with Crippen LogP contribution < -0.4 is 0 Å². The second-order valence-electron chi connectivity index (χ2n) is 1.73. The smallest absolute Gasteiger partial charge is 0.167 e. The summed E-state index contributed by atoms with van der Waals surface area (Å²) in [4.78, 5) is 14.8. The van der Waals surface area contributed by atoms with E-state index in [0.29, 0.717) is 15.6 Å². The van der Waals surface area contributed by atoms with E-state index >= 15 is 0 Å². The lowest BCUT2D eigenvalue weighted by Crippen LogP contribution is -1.77. The highest BCUT2D eigenvalue weighted by atomic mass is 32.1. The second kappa shape index (κ2) is 2.63. The van der Waals surface area contributed by atoms with Crippen molar-refractivity contribution in [2.75, 3.05) is 0 Å². The van der Waals surface area contributed by atoms with Gasteiger partial charge in [0.2, 0.25) is 0 Å². The lowest BCUT2D eigenvalue weighted by Gasteiger charge is -1.76. The summed E-state index contributed by atoms with van der Waals surface area (Å²) < 4.78 is 0. The van der Waals surface area contributed by atoms with Crippen LogP contribution in [-0.4, -0.2) is 11.3 Å². The molecule has 1 rings (SSSR count). The molecule has 0 unspecified atom stereocenters. The quantitative estimate of drug-likeness (QED) is 0.446. The molecule has 3 heteroatoms. The van der Waals surface area contributed by atoms with Crippen LogP contribution in [0.5, 0.6) is 0 Å². The number of terminal acetylenes is 1. The van der Waals surface area contributed by atoms with Crippen molar-refractivity contribution in [2.24, 2.45) is 0 Å². The molecular formula is C7H5NOS. The van der Waals surface area contributed by atoms with Crippen LogP contribution in [0.25, 0.3) is 0 Å². The van der Waals surface area contributed by atoms with E-state index in [4.69, 9.17) is 6.42 Å². The summed E-state index contributed by atoms with van der Waals surface area (Å²) in [5.41, 5.74) is 0.716. The molecule has 0 radical (unpaired) electrons. The number of hydrogen-bond acceptors (Lipinski definition) is 3.